The molecule has 0 radical (unpaired) electrons. The van der Waals surface area contributed by atoms with E-state index in [0.29, 0.717) is 5.02 Å². The molecule has 0 aliphatic rings. The van der Waals surface area contributed by atoms with Crippen LogP contribution in [0.2, 0.25) is 5.02 Å². The standard InChI is InChI=1S/C9H11ClOS/c10-8-4-1-5-9(11)7(8)3-2-6-12/h1,4-5,11-12H,2-3,6H2. The maximum atomic E-state index is 9.41. The van der Waals surface area contributed by atoms with E-state index in [1.807, 2.05) is 0 Å². The summed E-state index contributed by atoms with van der Waals surface area (Å²) in [7, 11) is 0. The normalized spacial score (nSPS) is 10.2. The first-order valence-corrected chi connectivity index (χ1v) is 4.84. The van der Waals surface area contributed by atoms with Crippen LogP contribution in [0.5, 0.6) is 5.75 Å². The molecule has 0 spiro atoms. The van der Waals surface area contributed by atoms with Crippen molar-refractivity contribution in [3.63, 3.8) is 0 Å². The molecule has 1 N–H and O–H groups in total. The lowest BCUT2D eigenvalue weighted by Gasteiger charge is -2.04. The molecule has 0 bridgehead atoms. The Kier molecular flexibility index (Phi) is 3.76. The van der Waals surface area contributed by atoms with Crippen molar-refractivity contribution in [2.75, 3.05) is 5.75 Å². The second-order valence-corrected chi connectivity index (χ2v) is 3.42. The molecule has 1 rings (SSSR count). The molecule has 1 aromatic rings. The predicted molar refractivity (Wildman–Crippen MR) is 55.3 cm³/mol. The molecule has 0 aliphatic carbocycles. The molecule has 3 heteroatoms. The van der Waals surface area contributed by atoms with Gasteiger partial charge in [-0.05, 0) is 30.7 Å². The SMILES string of the molecule is Oc1cccc(Cl)c1CCCS. The Morgan fingerprint density at radius 2 is 2.17 bits per heavy atom. The maximum Gasteiger partial charge on any atom is 0.120 e. The lowest BCUT2D eigenvalue weighted by atomic mass is 10.1. The molecule has 0 saturated heterocycles. The van der Waals surface area contributed by atoms with Gasteiger partial charge in [0.1, 0.15) is 5.75 Å². The van der Waals surface area contributed by atoms with Crippen LogP contribution < -0.4 is 0 Å². The zero-order chi connectivity index (χ0) is 8.97. The molecular formula is C9H11ClOS. The Morgan fingerprint density at radius 1 is 1.42 bits per heavy atom. The van der Waals surface area contributed by atoms with Crippen LogP contribution in [-0.2, 0) is 6.42 Å². The Labute approximate surface area is 82.8 Å². The average Bonchev–Trinajstić information content (AvgIpc) is 2.04. The predicted octanol–water partition coefficient (Wildman–Crippen LogP) is 2.91. The van der Waals surface area contributed by atoms with E-state index in [9.17, 15) is 5.11 Å². The molecule has 0 amide bonds. The van der Waals surface area contributed by atoms with E-state index in [0.717, 1.165) is 24.2 Å². The van der Waals surface area contributed by atoms with Crippen LogP contribution in [0.15, 0.2) is 18.2 Å². The van der Waals surface area contributed by atoms with Crippen LogP contribution in [0, 0.1) is 0 Å². The minimum Gasteiger partial charge on any atom is -0.508 e. The first-order chi connectivity index (χ1) is 5.75. The maximum absolute atomic E-state index is 9.41. The fourth-order valence-corrected chi connectivity index (χ4v) is 1.47. The first kappa shape index (κ1) is 9.75. The van der Waals surface area contributed by atoms with Crippen LogP contribution in [-0.4, -0.2) is 10.9 Å². The number of phenols is 1. The highest BCUT2D eigenvalue weighted by Crippen LogP contribution is 2.26. The van der Waals surface area contributed by atoms with Gasteiger partial charge in [-0.25, -0.2) is 0 Å². The van der Waals surface area contributed by atoms with E-state index in [1.54, 1.807) is 18.2 Å². The van der Waals surface area contributed by atoms with Crippen molar-refractivity contribution in [3.05, 3.63) is 28.8 Å². The highest BCUT2D eigenvalue weighted by atomic mass is 35.5. The largest absolute Gasteiger partial charge is 0.508 e. The van der Waals surface area contributed by atoms with E-state index in [1.165, 1.54) is 0 Å². The van der Waals surface area contributed by atoms with Gasteiger partial charge in [-0.15, -0.1) is 0 Å². The van der Waals surface area contributed by atoms with E-state index in [2.05, 4.69) is 12.6 Å². The van der Waals surface area contributed by atoms with Crippen molar-refractivity contribution < 1.29 is 5.11 Å². The van der Waals surface area contributed by atoms with Gasteiger partial charge in [0, 0.05) is 10.6 Å². The molecule has 0 aromatic heterocycles. The highest BCUT2D eigenvalue weighted by molar-refractivity contribution is 7.80. The van der Waals surface area contributed by atoms with Gasteiger partial charge >= 0.3 is 0 Å². The third-order valence-electron chi connectivity index (χ3n) is 1.68. The molecule has 0 saturated carbocycles. The number of benzene rings is 1. The van der Waals surface area contributed by atoms with Crippen LogP contribution >= 0.6 is 24.2 Å². The zero-order valence-corrected chi connectivity index (χ0v) is 8.28. The van der Waals surface area contributed by atoms with Crippen LogP contribution in [0.4, 0.5) is 0 Å². The topological polar surface area (TPSA) is 20.2 Å². The fraction of sp³-hybridized carbons (Fsp3) is 0.333. The minimum atomic E-state index is 0.282. The van der Waals surface area contributed by atoms with Crippen molar-refractivity contribution >= 4 is 24.2 Å². The lowest BCUT2D eigenvalue weighted by Crippen LogP contribution is -1.88. The quantitative estimate of drug-likeness (QED) is 0.723. The van der Waals surface area contributed by atoms with Crippen LogP contribution in [0.3, 0.4) is 0 Å². The van der Waals surface area contributed by atoms with E-state index < -0.39 is 0 Å². The number of hydrogen-bond acceptors (Lipinski definition) is 2. The summed E-state index contributed by atoms with van der Waals surface area (Å²) in [5.74, 6) is 1.09. The number of phenolic OH excluding ortho intramolecular Hbond substituents is 1. The van der Waals surface area contributed by atoms with Crippen molar-refractivity contribution in [1.82, 2.24) is 0 Å². The number of halogens is 1. The van der Waals surface area contributed by atoms with E-state index in [-0.39, 0.29) is 5.75 Å². The van der Waals surface area contributed by atoms with Crippen LogP contribution in [0.25, 0.3) is 0 Å². The average molecular weight is 203 g/mol. The third kappa shape index (κ3) is 2.32. The molecule has 1 nitrogen and oxygen atoms in total. The summed E-state index contributed by atoms with van der Waals surface area (Å²) in [5.41, 5.74) is 0.827. The summed E-state index contributed by atoms with van der Waals surface area (Å²) in [6.07, 6.45) is 1.72. The zero-order valence-electron chi connectivity index (χ0n) is 6.63. The molecule has 0 aliphatic heterocycles. The monoisotopic (exact) mass is 202 g/mol. The number of thiol groups is 1. The second kappa shape index (κ2) is 4.63. The molecule has 66 valence electrons. The number of aromatic hydroxyl groups is 1. The molecule has 0 fully saturated rings. The second-order valence-electron chi connectivity index (χ2n) is 2.56. The van der Waals surface area contributed by atoms with Crippen molar-refractivity contribution in [2.45, 2.75) is 12.8 Å². The molecule has 0 atom stereocenters. The third-order valence-corrected chi connectivity index (χ3v) is 2.35. The van der Waals surface area contributed by atoms with Crippen molar-refractivity contribution in [2.24, 2.45) is 0 Å². The van der Waals surface area contributed by atoms with Gasteiger partial charge in [0.2, 0.25) is 0 Å². The molecular weight excluding hydrogens is 192 g/mol. The summed E-state index contributed by atoms with van der Waals surface area (Å²) in [6, 6.07) is 5.18. The molecule has 0 unspecified atom stereocenters. The Morgan fingerprint density at radius 3 is 2.75 bits per heavy atom. The Hall–Kier alpha value is -0.340. The summed E-state index contributed by atoms with van der Waals surface area (Å²) >= 11 is 9.97. The molecule has 12 heavy (non-hydrogen) atoms. The van der Waals surface area contributed by atoms with E-state index >= 15 is 0 Å². The summed E-state index contributed by atoms with van der Waals surface area (Å²) in [6.45, 7) is 0. The highest BCUT2D eigenvalue weighted by Gasteiger charge is 2.04. The van der Waals surface area contributed by atoms with Gasteiger partial charge < -0.3 is 5.11 Å². The van der Waals surface area contributed by atoms with Gasteiger partial charge in [0.15, 0.2) is 0 Å². The smallest absolute Gasteiger partial charge is 0.120 e. The Bertz CT molecular complexity index is 242. The number of rotatable bonds is 3. The molecule has 1 aromatic carbocycles. The van der Waals surface area contributed by atoms with Gasteiger partial charge in [-0.2, -0.15) is 12.6 Å². The number of hydrogen-bond donors (Lipinski definition) is 2. The van der Waals surface area contributed by atoms with Crippen LogP contribution in [0.1, 0.15) is 12.0 Å². The van der Waals surface area contributed by atoms with Gasteiger partial charge in [-0.3, -0.25) is 0 Å². The minimum absolute atomic E-state index is 0.282. The lowest BCUT2D eigenvalue weighted by molar-refractivity contribution is 0.468. The van der Waals surface area contributed by atoms with Gasteiger partial charge in [0.25, 0.3) is 0 Å². The molecule has 0 heterocycles. The van der Waals surface area contributed by atoms with Gasteiger partial charge in [-0.1, -0.05) is 17.7 Å². The summed E-state index contributed by atoms with van der Waals surface area (Å²) in [4.78, 5) is 0. The fourth-order valence-electron chi connectivity index (χ4n) is 1.05. The first-order valence-electron chi connectivity index (χ1n) is 3.83. The van der Waals surface area contributed by atoms with Crippen molar-refractivity contribution in [3.8, 4) is 5.75 Å². The van der Waals surface area contributed by atoms with Crippen molar-refractivity contribution in [1.29, 1.82) is 0 Å². The van der Waals surface area contributed by atoms with E-state index in [4.69, 9.17) is 11.6 Å². The summed E-state index contributed by atoms with van der Waals surface area (Å²) in [5, 5.41) is 10.0. The van der Waals surface area contributed by atoms with Gasteiger partial charge in [0.05, 0.1) is 0 Å². The Balaban J connectivity index is 2.81. The summed E-state index contributed by atoms with van der Waals surface area (Å²) < 4.78 is 0.